The lowest BCUT2D eigenvalue weighted by Crippen LogP contribution is -2.53. The minimum Gasteiger partial charge on any atom is -0.381 e. The quantitative estimate of drug-likeness (QED) is 0.473. The Balaban J connectivity index is 1.17. The van der Waals surface area contributed by atoms with E-state index in [0.29, 0.717) is 54.0 Å². The van der Waals surface area contributed by atoms with E-state index in [1.165, 1.54) is 0 Å². The second-order valence-corrected chi connectivity index (χ2v) is 12.0. The molecule has 13 heteroatoms. The summed E-state index contributed by atoms with van der Waals surface area (Å²) in [5.41, 5.74) is 2.44. The number of aromatic amines is 1. The minimum atomic E-state index is -4.21. The van der Waals surface area contributed by atoms with Crippen LogP contribution < -0.4 is 10.2 Å². The Bertz CT molecular complexity index is 1420. The van der Waals surface area contributed by atoms with Crippen LogP contribution in [0.3, 0.4) is 0 Å². The first-order chi connectivity index (χ1) is 19.2. The number of amides is 2. The smallest absolute Gasteiger partial charge is 0.381 e. The number of aromatic nitrogens is 5. The lowest BCUT2D eigenvalue weighted by molar-refractivity contribution is -0.180. The molecule has 10 nitrogen and oxygen atoms in total. The van der Waals surface area contributed by atoms with E-state index < -0.39 is 12.1 Å². The molecule has 214 valence electrons. The molecule has 3 saturated heterocycles. The molecule has 1 aliphatic carbocycles. The van der Waals surface area contributed by atoms with Crippen molar-refractivity contribution >= 4 is 28.4 Å². The van der Waals surface area contributed by atoms with E-state index in [0.717, 1.165) is 44.2 Å². The number of pyridine rings is 1. The van der Waals surface area contributed by atoms with Crippen LogP contribution in [0.2, 0.25) is 0 Å². The molecule has 0 bridgehead atoms. The molecule has 3 aromatic rings. The van der Waals surface area contributed by atoms with E-state index in [1.54, 1.807) is 17.3 Å². The number of nitrogens with one attached hydrogen (secondary N) is 2. The van der Waals surface area contributed by atoms with Crippen molar-refractivity contribution in [1.29, 1.82) is 0 Å². The average molecular weight is 559 g/mol. The number of urea groups is 1. The largest absolute Gasteiger partial charge is 0.395 e. The molecule has 2 N–H and O–H groups in total. The van der Waals surface area contributed by atoms with Crippen molar-refractivity contribution in [2.45, 2.75) is 57.3 Å². The topological polar surface area (TPSA) is 104 Å². The molecule has 0 unspecified atom stereocenters. The van der Waals surface area contributed by atoms with Crippen LogP contribution in [0.1, 0.15) is 39.0 Å². The maximum atomic E-state index is 13.3. The number of rotatable bonds is 5. The summed E-state index contributed by atoms with van der Waals surface area (Å²) in [4.78, 5) is 21.6. The van der Waals surface area contributed by atoms with Gasteiger partial charge in [0.25, 0.3) is 0 Å². The van der Waals surface area contributed by atoms with Crippen LogP contribution in [-0.4, -0.2) is 80.5 Å². The van der Waals surface area contributed by atoms with Gasteiger partial charge in [-0.1, -0.05) is 6.92 Å². The Hall–Kier alpha value is -3.35. The number of ether oxygens (including phenoxy) is 1. The van der Waals surface area contributed by atoms with Gasteiger partial charge in [0.1, 0.15) is 5.69 Å². The highest BCUT2D eigenvalue weighted by molar-refractivity contribution is 5.96. The van der Waals surface area contributed by atoms with Crippen molar-refractivity contribution in [3.8, 4) is 11.4 Å². The summed E-state index contributed by atoms with van der Waals surface area (Å²) in [6.45, 7) is 4.67. The number of hydrogen-bond donors (Lipinski definition) is 2. The van der Waals surface area contributed by atoms with Crippen molar-refractivity contribution < 1.29 is 22.7 Å². The SMILES string of the molecule is C[C@@H]1CCN(C(=O)Nc2cn[nH]c2-c2cc3c(cn2)c(N2CC(C(F)(F)F)C2)nn3C[C@@H]2CCOC2)C2(CC2)C1. The molecule has 40 heavy (non-hydrogen) atoms. The first-order valence-electron chi connectivity index (χ1n) is 14.1. The summed E-state index contributed by atoms with van der Waals surface area (Å²) in [6.07, 6.45) is 4.05. The molecule has 7 rings (SSSR count). The number of alkyl halides is 3. The zero-order valence-corrected chi connectivity index (χ0v) is 22.4. The van der Waals surface area contributed by atoms with Crippen molar-refractivity contribution in [3.05, 3.63) is 18.5 Å². The number of halogens is 3. The van der Waals surface area contributed by atoms with Crippen LogP contribution in [0.4, 0.5) is 29.5 Å². The Morgan fingerprint density at radius 3 is 2.80 bits per heavy atom. The van der Waals surface area contributed by atoms with Gasteiger partial charge in [0.15, 0.2) is 5.82 Å². The third-order valence-corrected chi connectivity index (χ3v) is 9.07. The molecular weight excluding hydrogens is 525 g/mol. The molecule has 1 saturated carbocycles. The fourth-order valence-electron chi connectivity index (χ4n) is 6.53. The number of likely N-dealkylation sites (tertiary alicyclic amines) is 1. The van der Waals surface area contributed by atoms with Gasteiger partial charge in [-0.3, -0.25) is 14.8 Å². The van der Waals surface area contributed by atoms with Gasteiger partial charge in [-0.15, -0.1) is 0 Å². The summed E-state index contributed by atoms with van der Waals surface area (Å²) in [5, 5.41) is 15.7. The zero-order valence-electron chi connectivity index (χ0n) is 22.4. The van der Waals surface area contributed by atoms with Crippen LogP contribution >= 0.6 is 0 Å². The van der Waals surface area contributed by atoms with E-state index in [9.17, 15) is 18.0 Å². The predicted molar refractivity (Wildman–Crippen MR) is 142 cm³/mol. The maximum absolute atomic E-state index is 13.3. The van der Waals surface area contributed by atoms with Gasteiger partial charge in [0.05, 0.1) is 41.0 Å². The Kier molecular flexibility index (Phi) is 5.99. The molecule has 2 atom stereocenters. The maximum Gasteiger partial charge on any atom is 0.395 e. The highest BCUT2D eigenvalue weighted by Crippen LogP contribution is 2.50. The molecule has 2 amide bonds. The zero-order chi connectivity index (χ0) is 27.6. The Morgan fingerprint density at radius 1 is 1.25 bits per heavy atom. The monoisotopic (exact) mass is 558 g/mol. The molecule has 0 radical (unpaired) electrons. The van der Waals surface area contributed by atoms with Crippen LogP contribution in [0.5, 0.6) is 0 Å². The van der Waals surface area contributed by atoms with Crippen LogP contribution in [0.15, 0.2) is 18.5 Å². The van der Waals surface area contributed by atoms with E-state index in [2.05, 4.69) is 27.4 Å². The highest BCUT2D eigenvalue weighted by atomic mass is 19.4. The fourth-order valence-corrected chi connectivity index (χ4v) is 6.53. The number of piperidine rings is 1. The third-order valence-electron chi connectivity index (χ3n) is 9.07. The lowest BCUT2D eigenvalue weighted by Gasteiger charge is -2.40. The van der Waals surface area contributed by atoms with Crippen LogP contribution in [-0.2, 0) is 11.3 Å². The highest BCUT2D eigenvalue weighted by Gasteiger charge is 2.52. The van der Waals surface area contributed by atoms with Gasteiger partial charge in [0, 0.05) is 50.4 Å². The van der Waals surface area contributed by atoms with E-state index in [4.69, 9.17) is 9.84 Å². The standard InChI is InChI=1S/C27H33F3N8O2/c1-16-2-6-37(26(9-16)4-5-26)25(39)33-21-11-32-34-23(21)20-8-22-19(10-31-20)24(36-13-18(14-36)27(28,29)30)35-38(22)12-17-3-7-40-15-17/h8,10-11,16-18H,2-7,9,12-15H2,1H3,(H,32,34)(H,33,39)/t16-,17+/m1/s1. The first kappa shape index (κ1) is 25.6. The van der Waals surface area contributed by atoms with Crippen molar-refractivity contribution in [3.63, 3.8) is 0 Å². The Morgan fingerprint density at radius 2 is 2.08 bits per heavy atom. The molecule has 0 aromatic carbocycles. The van der Waals surface area contributed by atoms with Gasteiger partial charge >= 0.3 is 12.2 Å². The van der Waals surface area contributed by atoms with E-state index in [-0.39, 0.29) is 30.6 Å². The van der Waals surface area contributed by atoms with Crippen molar-refractivity contribution in [2.24, 2.45) is 17.8 Å². The second-order valence-electron chi connectivity index (χ2n) is 12.0. The molecule has 3 aromatic heterocycles. The summed E-state index contributed by atoms with van der Waals surface area (Å²) < 4.78 is 46.9. The second kappa shape index (κ2) is 9.35. The molecular formula is C27H33F3N8O2. The third kappa shape index (κ3) is 4.47. The summed E-state index contributed by atoms with van der Waals surface area (Å²) >= 11 is 0. The fraction of sp³-hybridized carbons (Fsp3) is 0.630. The number of hydrogen-bond acceptors (Lipinski definition) is 6. The molecule has 6 heterocycles. The predicted octanol–water partition coefficient (Wildman–Crippen LogP) is 4.65. The van der Waals surface area contributed by atoms with Crippen LogP contribution in [0.25, 0.3) is 22.3 Å². The Labute approximate surface area is 229 Å². The van der Waals surface area contributed by atoms with Gasteiger partial charge < -0.3 is 19.9 Å². The number of carbonyl (C=O) groups excluding carboxylic acids is 1. The van der Waals surface area contributed by atoms with Crippen LogP contribution in [0, 0.1) is 17.8 Å². The van der Waals surface area contributed by atoms with E-state index in [1.807, 2.05) is 15.6 Å². The average Bonchev–Trinajstić information content (AvgIpc) is 3.24. The molecule has 1 spiro atoms. The molecule has 3 aliphatic heterocycles. The van der Waals surface area contributed by atoms with Crippen molar-refractivity contribution in [1.82, 2.24) is 29.9 Å². The number of H-pyrrole nitrogens is 1. The van der Waals surface area contributed by atoms with E-state index >= 15 is 0 Å². The first-order valence-corrected chi connectivity index (χ1v) is 14.1. The summed E-state index contributed by atoms with van der Waals surface area (Å²) in [5.74, 6) is 0.0573. The van der Waals surface area contributed by atoms with Gasteiger partial charge in [0.2, 0.25) is 0 Å². The minimum absolute atomic E-state index is 0.0162. The number of fused-ring (bicyclic) bond motifs is 1. The number of anilines is 2. The lowest BCUT2D eigenvalue weighted by atomic mass is 9.91. The van der Waals surface area contributed by atoms with Gasteiger partial charge in [-0.25, -0.2) is 4.79 Å². The van der Waals surface area contributed by atoms with Crippen molar-refractivity contribution in [2.75, 3.05) is 43.1 Å². The summed E-state index contributed by atoms with van der Waals surface area (Å²) in [6, 6.07) is 1.75. The molecule has 4 fully saturated rings. The molecule has 4 aliphatic rings. The number of carbonyl (C=O) groups is 1. The van der Waals surface area contributed by atoms with Gasteiger partial charge in [-0.2, -0.15) is 23.4 Å². The number of nitrogens with zero attached hydrogens (tertiary/aromatic N) is 6. The van der Waals surface area contributed by atoms with Gasteiger partial charge in [-0.05, 0) is 44.1 Å². The summed E-state index contributed by atoms with van der Waals surface area (Å²) in [7, 11) is 0. The normalized spacial score (nSPS) is 24.6.